The first-order valence-corrected chi connectivity index (χ1v) is 4.32. The van der Waals surface area contributed by atoms with Crippen LogP contribution in [0.25, 0.3) is 0 Å². The van der Waals surface area contributed by atoms with Crippen molar-refractivity contribution in [1.29, 1.82) is 0 Å². The van der Waals surface area contributed by atoms with E-state index < -0.39 is 12.2 Å². The molecule has 0 heterocycles. The topological polar surface area (TPSA) is 86.6 Å². The summed E-state index contributed by atoms with van der Waals surface area (Å²) in [6.07, 6.45) is 1.30. The van der Waals surface area contributed by atoms with Crippen molar-refractivity contribution in [1.82, 2.24) is 0 Å². The molecule has 0 rings (SSSR count). The van der Waals surface area contributed by atoms with E-state index in [1.54, 1.807) is 13.8 Å². The third-order valence-electron chi connectivity index (χ3n) is 0.952. The van der Waals surface area contributed by atoms with Gasteiger partial charge in [0, 0.05) is 0 Å². The van der Waals surface area contributed by atoms with Gasteiger partial charge in [-0.15, -0.1) is 11.5 Å². The molecule has 0 radical (unpaired) electrons. The van der Waals surface area contributed by atoms with Crippen LogP contribution in [0, 0.1) is 0 Å². The largest absolute Gasteiger partial charge is 2.00 e. The molecule has 0 amide bonds. The van der Waals surface area contributed by atoms with Crippen LogP contribution >= 0.6 is 0 Å². The summed E-state index contributed by atoms with van der Waals surface area (Å²) < 4.78 is 0. The minimum absolute atomic E-state index is 0. The predicted octanol–water partition coefficient (Wildman–Crippen LogP) is -0.740. The van der Waals surface area contributed by atoms with Gasteiger partial charge in [-0.05, 0) is 13.8 Å². The maximum Gasteiger partial charge on any atom is 2.00 e. The van der Waals surface area contributed by atoms with Crippen LogP contribution in [0.15, 0.2) is 23.7 Å². The van der Waals surface area contributed by atoms with Gasteiger partial charge in [0.25, 0.3) is 0 Å². The molecule has 2 atom stereocenters. The normalized spacial score (nSPS) is 15.6. The number of hydrogen-bond acceptors (Lipinski definition) is 4. The SMILES string of the molecule is CC([O-])=CC(C)O.CC([O-])=CC(C)O.[Fe+2]. The molecular formula is C10H18FeO4. The molecule has 0 aromatic carbocycles. The molecule has 2 unspecified atom stereocenters. The molecule has 0 fully saturated rings. The Labute approximate surface area is 101 Å². The Bertz CT molecular complexity index is 168. The average molecular weight is 258 g/mol. The first-order chi connectivity index (χ1) is 6.25. The zero-order valence-corrected chi connectivity index (χ0v) is 10.5. The second-order valence-electron chi connectivity index (χ2n) is 3.04. The second kappa shape index (κ2) is 11.6. The fourth-order valence-corrected chi connectivity index (χ4v) is 0.679. The molecule has 15 heavy (non-hydrogen) atoms. The van der Waals surface area contributed by atoms with E-state index in [-0.39, 0.29) is 28.6 Å². The van der Waals surface area contributed by atoms with Crippen LogP contribution in [0.1, 0.15) is 27.7 Å². The molecule has 2 N–H and O–H groups in total. The van der Waals surface area contributed by atoms with Gasteiger partial charge < -0.3 is 20.4 Å². The number of aliphatic hydroxyl groups excluding tert-OH is 2. The summed E-state index contributed by atoms with van der Waals surface area (Å²) >= 11 is 0. The fraction of sp³-hybridized carbons (Fsp3) is 0.600. The Morgan fingerprint density at radius 3 is 1.13 bits per heavy atom. The van der Waals surface area contributed by atoms with E-state index in [1.165, 1.54) is 26.0 Å². The van der Waals surface area contributed by atoms with Gasteiger partial charge in [-0.2, -0.15) is 0 Å². The molecule has 0 saturated carbocycles. The van der Waals surface area contributed by atoms with E-state index in [0.717, 1.165) is 0 Å². The molecule has 90 valence electrons. The van der Waals surface area contributed by atoms with E-state index in [0.29, 0.717) is 0 Å². The molecule has 0 bridgehead atoms. The Balaban J connectivity index is -0.000000180. The smallest absolute Gasteiger partial charge is 0.876 e. The van der Waals surface area contributed by atoms with Crippen LogP contribution in [0.5, 0.6) is 0 Å². The van der Waals surface area contributed by atoms with Crippen molar-refractivity contribution in [2.24, 2.45) is 0 Å². The van der Waals surface area contributed by atoms with Gasteiger partial charge in [0.15, 0.2) is 0 Å². The average Bonchev–Trinajstić information content (AvgIpc) is 1.79. The summed E-state index contributed by atoms with van der Waals surface area (Å²) in [4.78, 5) is 0. The van der Waals surface area contributed by atoms with Gasteiger partial charge in [-0.3, -0.25) is 0 Å². The summed E-state index contributed by atoms with van der Waals surface area (Å²) in [6.45, 7) is 5.91. The van der Waals surface area contributed by atoms with Crippen molar-refractivity contribution in [2.45, 2.75) is 39.9 Å². The maximum atomic E-state index is 10.0. The van der Waals surface area contributed by atoms with Gasteiger partial charge >= 0.3 is 17.1 Å². The van der Waals surface area contributed by atoms with Crippen molar-refractivity contribution in [3.8, 4) is 0 Å². The van der Waals surface area contributed by atoms with E-state index in [2.05, 4.69) is 0 Å². The summed E-state index contributed by atoms with van der Waals surface area (Å²) in [6, 6.07) is 0. The summed E-state index contributed by atoms with van der Waals surface area (Å²) in [7, 11) is 0. The standard InChI is InChI=1S/2C5H10O2.Fe/c2*1-4(6)3-5(2)7;/h2*3-4,6-7H,1-2H3;/q;;+2/p-2. The van der Waals surface area contributed by atoms with Gasteiger partial charge in [0.1, 0.15) is 0 Å². The van der Waals surface area contributed by atoms with Gasteiger partial charge in [0.05, 0.1) is 12.2 Å². The fourth-order valence-electron chi connectivity index (χ4n) is 0.679. The molecule has 0 aromatic heterocycles. The van der Waals surface area contributed by atoms with Crippen molar-refractivity contribution < 1.29 is 37.5 Å². The van der Waals surface area contributed by atoms with Crippen molar-refractivity contribution in [3.63, 3.8) is 0 Å². The molecular weight excluding hydrogens is 240 g/mol. The number of allylic oxidation sites excluding steroid dienone is 2. The number of aliphatic hydroxyl groups is 2. The monoisotopic (exact) mass is 258 g/mol. The minimum Gasteiger partial charge on any atom is -0.876 e. The van der Waals surface area contributed by atoms with E-state index >= 15 is 0 Å². The molecule has 0 spiro atoms. The van der Waals surface area contributed by atoms with Gasteiger partial charge in [-0.25, -0.2) is 0 Å². The number of rotatable bonds is 2. The van der Waals surface area contributed by atoms with Crippen molar-refractivity contribution >= 4 is 0 Å². The molecule has 0 saturated heterocycles. The summed E-state index contributed by atoms with van der Waals surface area (Å²) in [5.41, 5.74) is 0. The molecule has 0 aliphatic rings. The third kappa shape index (κ3) is 31.7. The van der Waals surface area contributed by atoms with E-state index in [9.17, 15) is 10.2 Å². The molecule has 5 heteroatoms. The summed E-state index contributed by atoms with van der Waals surface area (Å²) in [5.74, 6) is -0.176. The zero-order chi connectivity index (χ0) is 11.7. The Hall–Kier alpha value is -0.481. The van der Waals surface area contributed by atoms with Crippen molar-refractivity contribution in [2.75, 3.05) is 0 Å². The van der Waals surface area contributed by atoms with Crippen LogP contribution in [-0.4, -0.2) is 22.4 Å². The van der Waals surface area contributed by atoms with Crippen LogP contribution in [0.3, 0.4) is 0 Å². The Morgan fingerprint density at radius 2 is 1.13 bits per heavy atom. The van der Waals surface area contributed by atoms with Gasteiger partial charge in [0.2, 0.25) is 0 Å². The molecule has 0 aromatic rings. The summed E-state index contributed by atoms with van der Waals surface area (Å²) in [5, 5.41) is 37.0. The first-order valence-electron chi connectivity index (χ1n) is 4.32. The minimum atomic E-state index is -0.600. The van der Waals surface area contributed by atoms with E-state index in [4.69, 9.17) is 10.2 Å². The van der Waals surface area contributed by atoms with Crippen LogP contribution < -0.4 is 10.2 Å². The van der Waals surface area contributed by atoms with Crippen LogP contribution in [0.4, 0.5) is 0 Å². The number of hydrogen-bond donors (Lipinski definition) is 2. The Morgan fingerprint density at radius 1 is 0.933 bits per heavy atom. The van der Waals surface area contributed by atoms with E-state index in [1.807, 2.05) is 0 Å². The second-order valence-corrected chi connectivity index (χ2v) is 3.04. The third-order valence-corrected chi connectivity index (χ3v) is 0.952. The predicted molar refractivity (Wildman–Crippen MR) is 50.9 cm³/mol. The molecule has 0 aliphatic carbocycles. The van der Waals surface area contributed by atoms with Crippen LogP contribution in [-0.2, 0) is 17.1 Å². The Kier molecular flexibility index (Phi) is 15.5. The van der Waals surface area contributed by atoms with Crippen molar-refractivity contribution in [3.05, 3.63) is 23.7 Å². The molecule has 4 nitrogen and oxygen atoms in total. The zero-order valence-electron chi connectivity index (χ0n) is 9.37. The quantitative estimate of drug-likeness (QED) is 0.504. The first kappa shape index (κ1) is 20.0. The van der Waals surface area contributed by atoms with Gasteiger partial charge in [-0.1, -0.05) is 26.0 Å². The molecule has 0 aliphatic heterocycles. The van der Waals surface area contributed by atoms with Crippen LogP contribution in [0.2, 0.25) is 0 Å². The maximum absolute atomic E-state index is 10.0.